The van der Waals surface area contributed by atoms with Gasteiger partial charge in [0.05, 0.1) is 0 Å². The molecule has 14 heavy (non-hydrogen) atoms. The summed E-state index contributed by atoms with van der Waals surface area (Å²) < 4.78 is 0. The molecule has 0 saturated heterocycles. The molecule has 76 valence electrons. The molecular weight excluding hydrogens is 176 g/mol. The standard InChI is InChI=1S/C11H16N2O/c1-3-8-13(2)11(14)9-4-6-10(12)7-5-9/h4-7H,3,8,12H2,1-2H3. The minimum atomic E-state index is 0.0480. The third kappa shape index (κ3) is 2.49. The van der Waals surface area contributed by atoms with E-state index in [1.54, 1.807) is 29.2 Å². The summed E-state index contributed by atoms with van der Waals surface area (Å²) in [5, 5.41) is 0. The first-order valence-electron chi connectivity index (χ1n) is 4.76. The second kappa shape index (κ2) is 4.65. The molecule has 0 fully saturated rings. The molecule has 0 radical (unpaired) electrons. The summed E-state index contributed by atoms with van der Waals surface area (Å²) >= 11 is 0. The highest BCUT2D eigenvalue weighted by Crippen LogP contribution is 2.07. The van der Waals surface area contributed by atoms with Gasteiger partial charge in [-0.2, -0.15) is 0 Å². The molecule has 0 spiro atoms. The molecule has 0 aliphatic carbocycles. The van der Waals surface area contributed by atoms with Gasteiger partial charge >= 0.3 is 0 Å². The van der Waals surface area contributed by atoms with Crippen LogP contribution in [0, 0.1) is 0 Å². The van der Waals surface area contributed by atoms with Crippen LogP contribution in [0.4, 0.5) is 5.69 Å². The number of benzene rings is 1. The van der Waals surface area contributed by atoms with Crippen molar-refractivity contribution in [1.29, 1.82) is 0 Å². The van der Waals surface area contributed by atoms with Gasteiger partial charge < -0.3 is 10.6 Å². The third-order valence-corrected chi connectivity index (χ3v) is 2.06. The highest BCUT2D eigenvalue weighted by molar-refractivity contribution is 5.94. The number of carbonyl (C=O) groups is 1. The Hall–Kier alpha value is -1.51. The van der Waals surface area contributed by atoms with Crippen LogP contribution >= 0.6 is 0 Å². The predicted molar refractivity (Wildman–Crippen MR) is 58.1 cm³/mol. The number of nitrogen functional groups attached to an aromatic ring is 1. The van der Waals surface area contributed by atoms with Crippen molar-refractivity contribution in [3.63, 3.8) is 0 Å². The van der Waals surface area contributed by atoms with Crippen LogP contribution in [0.25, 0.3) is 0 Å². The normalized spacial score (nSPS) is 9.86. The van der Waals surface area contributed by atoms with Gasteiger partial charge in [-0.15, -0.1) is 0 Å². The van der Waals surface area contributed by atoms with Crippen LogP contribution in [0.5, 0.6) is 0 Å². The van der Waals surface area contributed by atoms with E-state index in [2.05, 4.69) is 0 Å². The molecule has 0 aliphatic heterocycles. The Bertz CT molecular complexity index is 306. The maximum Gasteiger partial charge on any atom is 0.253 e. The maximum atomic E-state index is 11.7. The largest absolute Gasteiger partial charge is 0.399 e. The molecule has 0 aliphatic rings. The van der Waals surface area contributed by atoms with Crippen LogP contribution in [0.2, 0.25) is 0 Å². The van der Waals surface area contributed by atoms with Crippen LogP contribution in [0.3, 0.4) is 0 Å². The summed E-state index contributed by atoms with van der Waals surface area (Å²) in [7, 11) is 1.81. The molecule has 3 nitrogen and oxygen atoms in total. The number of amides is 1. The molecule has 1 amide bonds. The van der Waals surface area contributed by atoms with Crippen LogP contribution in [-0.4, -0.2) is 24.4 Å². The minimum Gasteiger partial charge on any atom is -0.399 e. The highest BCUT2D eigenvalue weighted by atomic mass is 16.2. The summed E-state index contributed by atoms with van der Waals surface area (Å²) in [6.07, 6.45) is 0.969. The highest BCUT2D eigenvalue weighted by Gasteiger charge is 2.09. The number of rotatable bonds is 3. The Kier molecular flexibility index (Phi) is 3.51. The molecule has 0 unspecified atom stereocenters. The third-order valence-electron chi connectivity index (χ3n) is 2.06. The van der Waals surface area contributed by atoms with E-state index in [4.69, 9.17) is 5.73 Å². The fourth-order valence-electron chi connectivity index (χ4n) is 1.28. The second-order valence-electron chi connectivity index (χ2n) is 3.35. The van der Waals surface area contributed by atoms with Crippen LogP contribution in [0.1, 0.15) is 23.7 Å². The van der Waals surface area contributed by atoms with Gasteiger partial charge in [-0.1, -0.05) is 6.92 Å². The fourth-order valence-corrected chi connectivity index (χ4v) is 1.28. The van der Waals surface area contributed by atoms with Crippen molar-refractivity contribution in [2.24, 2.45) is 0 Å². The molecule has 0 bridgehead atoms. The molecule has 1 aromatic carbocycles. The molecule has 1 rings (SSSR count). The lowest BCUT2D eigenvalue weighted by Crippen LogP contribution is -2.27. The van der Waals surface area contributed by atoms with Gasteiger partial charge in [-0.25, -0.2) is 0 Å². The number of anilines is 1. The molecule has 0 atom stereocenters. The lowest BCUT2D eigenvalue weighted by molar-refractivity contribution is 0.0795. The van der Waals surface area contributed by atoms with Crippen molar-refractivity contribution >= 4 is 11.6 Å². The van der Waals surface area contributed by atoms with E-state index in [0.717, 1.165) is 13.0 Å². The zero-order chi connectivity index (χ0) is 10.6. The smallest absolute Gasteiger partial charge is 0.253 e. The predicted octanol–water partition coefficient (Wildman–Crippen LogP) is 1.75. The monoisotopic (exact) mass is 192 g/mol. The lowest BCUT2D eigenvalue weighted by atomic mass is 10.2. The molecule has 2 N–H and O–H groups in total. The summed E-state index contributed by atoms with van der Waals surface area (Å²) in [5.41, 5.74) is 6.91. The summed E-state index contributed by atoms with van der Waals surface area (Å²) in [5.74, 6) is 0.0480. The number of hydrogen-bond acceptors (Lipinski definition) is 2. The Labute approximate surface area is 84.5 Å². The van der Waals surface area contributed by atoms with E-state index in [-0.39, 0.29) is 5.91 Å². The first-order chi connectivity index (χ1) is 6.65. The Morgan fingerprint density at radius 2 is 1.93 bits per heavy atom. The van der Waals surface area contributed by atoms with E-state index in [1.807, 2.05) is 14.0 Å². The fraction of sp³-hybridized carbons (Fsp3) is 0.364. The van der Waals surface area contributed by atoms with E-state index in [0.29, 0.717) is 11.3 Å². The van der Waals surface area contributed by atoms with Gasteiger partial charge in [-0.3, -0.25) is 4.79 Å². The van der Waals surface area contributed by atoms with Gasteiger partial charge in [0.1, 0.15) is 0 Å². The number of carbonyl (C=O) groups excluding carboxylic acids is 1. The zero-order valence-corrected chi connectivity index (χ0v) is 8.66. The summed E-state index contributed by atoms with van der Waals surface area (Å²) in [6.45, 7) is 2.83. The van der Waals surface area contributed by atoms with Crippen LogP contribution < -0.4 is 5.73 Å². The maximum absolute atomic E-state index is 11.7. The average Bonchev–Trinajstić information content (AvgIpc) is 2.18. The van der Waals surface area contributed by atoms with Crippen molar-refractivity contribution in [2.75, 3.05) is 19.3 Å². The Balaban J connectivity index is 2.74. The van der Waals surface area contributed by atoms with Crippen molar-refractivity contribution in [2.45, 2.75) is 13.3 Å². The van der Waals surface area contributed by atoms with Gasteiger partial charge in [0.2, 0.25) is 0 Å². The van der Waals surface area contributed by atoms with Gasteiger partial charge in [0, 0.05) is 24.8 Å². The Morgan fingerprint density at radius 1 is 1.36 bits per heavy atom. The van der Waals surface area contributed by atoms with Gasteiger partial charge in [0.15, 0.2) is 0 Å². The second-order valence-corrected chi connectivity index (χ2v) is 3.35. The van der Waals surface area contributed by atoms with Gasteiger partial charge in [-0.05, 0) is 30.7 Å². The summed E-state index contributed by atoms with van der Waals surface area (Å²) in [4.78, 5) is 13.4. The molecule has 0 aromatic heterocycles. The number of hydrogen-bond donors (Lipinski definition) is 1. The van der Waals surface area contributed by atoms with Crippen LogP contribution in [0.15, 0.2) is 24.3 Å². The molecule has 1 aromatic rings. The molecule has 0 saturated carbocycles. The minimum absolute atomic E-state index is 0.0480. The van der Waals surface area contributed by atoms with E-state index in [1.165, 1.54) is 0 Å². The van der Waals surface area contributed by atoms with Crippen molar-refractivity contribution < 1.29 is 4.79 Å². The number of nitrogens with zero attached hydrogens (tertiary/aromatic N) is 1. The number of nitrogens with two attached hydrogens (primary N) is 1. The first-order valence-corrected chi connectivity index (χ1v) is 4.76. The van der Waals surface area contributed by atoms with E-state index in [9.17, 15) is 4.79 Å². The zero-order valence-electron chi connectivity index (χ0n) is 8.66. The van der Waals surface area contributed by atoms with E-state index >= 15 is 0 Å². The molecule has 3 heteroatoms. The topological polar surface area (TPSA) is 46.3 Å². The Morgan fingerprint density at radius 3 is 2.43 bits per heavy atom. The van der Waals surface area contributed by atoms with E-state index < -0.39 is 0 Å². The quantitative estimate of drug-likeness (QED) is 0.742. The molecular formula is C11H16N2O. The first kappa shape index (κ1) is 10.6. The average molecular weight is 192 g/mol. The van der Waals surface area contributed by atoms with Crippen molar-refractivity contribution in [3.05, 3.63) is 29.8 Å². The van der Waals surface area contributed by atoms with Crippen molar-refractivity contribution in [3.8, 4) is 0 Å². The molecule has 0 heterocycles. The SMILES string of the molecule is CCCN(C)C(=O)c1ccc(N)cc1. The van der Waals surface area contributed by atoms with Crippen molar-refractivity contribution in [1.82, 2.24) is 4.90 Å². The lowest BCUT2D eigenvalue weighted by Gasteiger charge is -2.15. The summed E-state index contributed by atoms with van der Waals surface area (Å²) in [6, 6.07) is 6.99. The van der Waals surface area contributed by atoms with Gasteiger partial charge in [0.25, 0.3) is 5.91 Å². The van der Waals surface area contributed by atoms with Crippen LogP contribution in [-0.2, 0) is 0 Å².